The van der Waals surface area contributed by atoms with Gasteiger partial charge in [-0.2, -0.15) is 0 Å². The molecule has 0 heterocycles. The van der Waals surface area contributed by atoms with Gasteiger partial charge in [-0.1, -0.05) is 18.2 Å². The van der Waals surface area contributed by atoms with E-state index in [1.165, 1.54) is 12.1 Å². The molecule has 0 amide bonds. The van der Waals surface area contributed by atoms with Gasteiger partial charge in [-0.3, -0.25) is 4.57 Å². The molecule has 0 radical (unpaired) electrons. The molecule has 1 aromatic carbocycles. The summed E-state index contributed by atoms with van der Waals surface area (Å²) in [5.74, 6) is 0. The van der Waals surface area contributed by atoms with Crippen LogP contribution in [-0.4, -0.2) is 9.79 Å². The molecular formula is C6H7O3PZn. The van der Waals surface area contributed by atoms with Crippen LogP contribution in [0.25, 0.3) is 0 Å². The van der Waals surface area contributed by atoms with Crippen LogP contribution in [0.4, 0.5) is 0 Å². The molecule has 0 aromatic heterocycles. The normalized spacial score (nSPS) is 10.4. The molecule has 0 spiro atoms. The maximum Gasteiger partial charge on any atom is 0.356 e. The summed E-state index contributed by atoms with van der Waals surface area (Å²) < 4.78 is 10.5. The largest absolute Gasteiger partial charge is 0.356 e. The zero-order valence-corrected chi connectivity index (χ0v) is 9.71. The number of benzene rings is 1. The van der Waals surface area contributed by atoms with Crippen molar-refractivity contribution in [3.05, 3.63) is 30.3 Å². The third-order valence-corrected chi connectivity index (χ3v) is 2.06. The van der Waals surface area contributed by atoms with Crippen molar-refractivity contribution in [3.63, 3.8) is 0 Å². The van der Waals surface area contributed by atoms with E-state index in [1.807, 2.05) is 0 Å². The van der Waals surface area contributed by atoms with Crippen LogP contribution in [0.15, 0.2) is 30.3 Å². The molecular weight excluding hydrogens is 216 g/mol. The summed E-state index contributed by atoms with van der Waals surface area (Å²) in [5, 5.41) is 0.0648. The number of rotatable bonds is 1. The zero-order valence-electron chi connectivity index (χ0n) is 5.84. The van der Waals surface area contributed by atoms with Gasteiger partial charge in [-0.05, 0) is 12.1 Å². The second-order valence-electron chi connectivity index (χ2n) is 1.88. The fraction of sp³-hybridized carbons (Fsp3) is 0. The van der Waals surface area contributed by atoms with E-state index < -0.39 is 7.60 Å². The van der Waals surface area contributed by atoms with Gasteiger partial charge in [0.25, 0.3) is 0 Å². The van der Waals surface area contributed by atoms with Crippen LogP contribution in [0, 0.1) is 0 Å². The number of hydrogen-bond donors (Lipinski definition) is 2. The third kappa shape index (κ3) is 3.26. The molecule has 0 fully saturated rings. The first kappa shape index (κ1) is 11.0. The van der Waals surface area contributed by atoms with Crippen LogP contribution < -0.4 is 5.30 Å². The monoisotopic (exact) mass is 222 g/mol. The SMILES string of the molecule is O=P(O)(O)c1ccccc1.[Zn]. The van der Waals surface area contributed by atoms with Crippen LogP contribution in [0.2, 0.25) is 0 Å². The molecule has 0 aliphatic carbocycles. The van der Waals surface area contributed by atoms with E-state index >= 15 is 0 Å². The van der Waals surface area contributed by atoms with E-state index in [-0.39, 0.29) is 24.8 Å². The van der Waals surface area contributed by atoms with Crippen LogP contribution in [-0.2, 0) is 24.0 Å². The van der Waals surface area contributed by atoms with Gasteiger partial charge in [0.05, 0.1) is 5.30 Å². The Morgan fingerprint density at radius 2 is 1.55 bits per heavy atom. The van der Waals surface area contributed by atoms with E-state index in [4.69, 9.17) is 9.79 Å². The molecule has 0 saturated carbocycles. The van der Waals surface area contributed by atoms with E-state index in [0.717, 1.165) is 0 Å². The predicted octanol–water partition coefficient (Wildman–Crippen LogP) is 0.487. The first-order valence-corrected chi connectivity index (χ1v) is 4.33. The van der Waals surface area contributed by atoms with Gasteiger partial charge in [-0.25, -0.2) is 0 Å². The summed E-state index contributed by atoms with van der Waals surface area (Å²) in [5.41, 5.74) is 0. The van der Waals surface area contributed by atoms with Crippen LogP contribution >= 0.6 is 7.60 Å². The van der Waals surface area contributed by atoms with Crippen molar-refractivity contribution in [1.82, 2.24) is 0 Å². The fourth-order valence-electron chi connectivity index (χ4n) is 0.622. The quantitative estimate of drug-likeness (QED) is 0.538. The van der Waals surface area contributed by atoms with Crippen LogP contribution in [0.3, 0.4) is 0 Å². The molecule has 0 bridgehead atoms. The zero-order chi connectivity index (χ0) is 7.61. The molecule has 0 unspecified atom stereocenters. The molecule has 56 valence electrons. The summed E-state index contributed by atoms with van der Waals surface area (Å²) >= 11 is 0. The average molecular weight is 223 g/mol. The smallest absolute Gasteiger partial charge is 0.321 e. The van der Waals surface area contributed by atoms with Gasteiger partial charge in [0.1, 0.15) is 0 Å². The van der Waals surface area contributed by atoms with Crippen molar-refractivity contribution in [2.75, 3.05) is 0 Å². The van der Waals surface area contributed by atoms with Crippen molar-refractivity contribution in [3.8, 4) is 0 Å². The maximum atomic E-state index is 10.5. The Bertz CT molecular complexity index is 256. The van der Waals surface area contributed by atoms with Crippen LogP contribution in [0.5, 0.6) is 0 Å². The fourth-order valence-corrected chi connectivity index (χ4v) is 1.18. The second kappa shape index (κ2) is 4.13. The van der Waals surface area contributed by atoms with E-state index in [1.54, 1.807) is 18.2 Å². The molecule has 11 heavy (non-hydrogen) atoms. The Balaban J connectivity index is 0.000001000. The minimum Gasteiger partial charge on any atom is -0.321 e. The predicted molar refractivity (Wildman–Crippen MR) is 38.1 cm³/mol. The molecule has 0 aliphatic rings. The minimum absolute atomic E-state index is 0. The van der Waals surface area contributed by atoms with Gasteiger partial charge in [-0.15, -0.1) is 0 Å². The Kier molecular flexibility index (Phi) is 4.13. The van der Waals surface area contributed by atoms with Gasteiger partial charge < -0.3 is 9.79 Å². The molecule has 5 heteroatoms. The van der Waals surface area contributed by atoms with E-state index in [9.17, 15) is 4.57 Å². The molecule has 0 atom stereocenters. The Morgan fingerprint density at radius 1 is 1.09 bits per heavy atom. The van der Waals surface area contributed by atoms with Crippen molar-refractivity contribution in [1.29, 1.82) is 0 Å². The van der Waals surface area contributed by atoms with Gasteiger partial charge in [0, 0.05) is 19.5 Å². The molecule has 0 saturated heterocycles. The van der Waals surface area contributed by atoms with Gasteiger partial charge >= 0.3 is 7.60 Å². The van der Waals surface area contributed by atoms with Crippen molar-refractivity contribution in [2.24, 2.45) is 0 Å². The van der Waals surface area contributed by atoms with Crippen LogP contribution in [0.1, 0.15) is 0 Å². The molecule has 0 aliphatic heterocycles. The van der Waals surface area contributed by atoms with Crippen molar-refractivity contribution < 1.29 is 33.8 Å². The van der Waals surface area contributed by atoms with E-state index in [2.05, 4.69) is 0 Å². The summed E-state index contributed by atoms with van der Waals surface area (Å²) in [6, 6.07) is 7.70. The number of hydrogen-bond acceptors (Lipinski definition) is 1. The minimum atomic E-state index is -4.02. The topological polar surface area (TPSA) is 57.5 Å². The average Bonchev–Trinajstić information content (AvgIpc) is 1.88. The first-order valence-electron chi connectivity index (χ1n) is 2.72. The molecule has 1 aromatic rings. The summed E-state index contributed by atoms with van der Waals surface area (Å²) in [7, 11) is -4.02. The summed E-state index contributed by atoms with van der Waals surface area (Å²) in [4.78, 5) is 17.2. The molecule has 2 N–H and O–H groups in total. The Hall–Kier alpha value is -0.00662. The first-order chi connectivity index (χ1) is 4.61. The molecule has 1 rings (SSSR count). The van der Waals surface area contributed by atoms with Crippen molar-refractivity contribution >= 4 is 12.9 Å². The standard InChI is InChI=1S/C6H7O3P.Zn/c7-10(8,9)6-4-2-1-3-5-6;/h1-5H,(H2,7,8,9);. The second-order valence-corrected chi connectivity index (χ2v) is 3.48. The van der Waals surface area contributed by atoms with Gasteiger partial charge in [0.2, 0.25) is 0 Å². The summed E-state index contributed by atoms with van der Waals surface area (Å²) in [6.07, 6.45) is 0. The van der Waals surface area contributed by atoms with Crippen molar-refractivity contribution in [2.45, 2.75) is 0 Å². The summed E-state index contributed by atoms with van der Waals surface area (Å²) in [6.45, 7) is 0. The third-order valence-electron chi connectivity index (χ3n) is 1.09. The van der Waals surface area contributed by atoms with Gasteiger partial charge in [0.15, 0.2) is 0 Å². The molecule has 3 nitrogen and oxygen atoms in total. The Morgan fingerprint density at radius 3 is 1.82 bits per heavy atom. The van der Waals surface area contributed by atoms with E-state index in [0.29, 0.717) is 0 Å². The maximum absolute atomic E-state index is 10.5. The Labute approximate surface area is 77.4 Å².